The number of rotatable bonds is 4. The fourth-order valence-electron chi connectivity index (χ4n) is 1.68. The van der Waals surface area contributed by atoms with Crippen LogP contribution in [0.3, 0.4) is 0 Å². The van der Waals surface area contributed by atoms with Gasteiger partial charge in [-0.05, 0) is 24.3 Å². The molecule has 2 aromatic carbocycles. The lowest BCUT2D eigenvalue weighted by atomic mass is 10.2. The third kappa shape index (κ3) is 3.51. The number of esters is 1. The number of phenols is 2. The van der Waals surface area contributed by atoms with Crippen LogP contribution >= 0.6 is 0 Å². The largest absolute Gasteiger partial charge is 0.507 e. The number of benzene rings is 2. The van der Waals surface area contributed by atoms with Gasteiger partial charge in [0.15, 0.2) is 6.61 Å². The van der Waals surface area contributed by atoms with Gasteiger partial charge in [-0.2, -0.15) is 0 Å². The second-order valence-electron chi connectivity index (χ2n) is 4.28. The standard InChI is InChI=1S/C15H12FNO5/c16-9-4-3-7-12(19)14(9)15(21)22-8-13(20)17-10-5-1-2-6-11(10)18/h1-7,18-19H,8H2,(H,17,20). The number of anilines is 1. The van der Waals surface area contributed by atoms with Crippen molar-refractivity contribution in [1.29, 1.82) is 0 Å². The van der Waals surface area contributed by atoms with Gasteiger partial charge >= 0.3 is 5.97 Å². The van der Waals surface area contributed by atoms with Crippen LogP contribution in [0.15, 0.2) is 42.5 Å². The number of ether oxygens (including phenoxy) is 1. The van der Waals surface area contributed by atoms with E-state index >= 15 is 0 Å². The molecule has 2 aromatic rings. The van der Waals surface area contributed by atoms with Crippen LogP contribution in [0.25, 0.3) is 0 Å². The summed E-state index contributed by atoms with van der Waals surface area (Å²) in [4.78, 5) is 23.3. The number of phenolic OH excluding ortho intramolecular Hbond substituents is 2. The first kappa shape index (κ1) is 15.3. The average Bonchev–Trinajstić information content (AvgIpc) is 2.47. The second kappa shape index (κ2) is 6.57. The number of aromatic hydroxyl groups is 2. The Balaban J connectivity index is 1.97. The number of carbonyl (C=O) groups is 2. The minimum atomic E-state index is -1.16. The number of nitrogens with one attached hydrogen (secondary N) is 1. The maximum atomic E-state index is 13.4. The Kier molecular flexibility index (Phi) is 4.57. The zero-order chi connectivity index (χ0) is 16.1. The summed E-state index contributed by atoms with van der Waals surface area (Å²) in [5, 5.41) is 21.2. The molecule has 0 aliphatic carbocycles. The number of amides is 1. The molecule has 0 atom stereocenters. The Morgan fingerprint density at radius 1 is 1.05 bits per heavy atom. The first-order chi connectivity index (χ1) is 10.5. The lowest BCUT2D eigenvalue weighted by molar-refractivity contribution is -0.119. The maximum Gasteiger partial charge on any atom is 0.345 e. The van der Waals surface area contributed by atoms with Gasteiger partial charge in [0.2, 0.25) is 0 Å². The topological polar surface area (TPSA) is 95.9 Å². The van der Waals surface area contributed by atoms with E-state index in [9.17, 15) is 24.2 Å². The molecule has 2 rings (SSSR count). The predicted octanol–water partition coefficient (Wildman–Crippen LogP) is 2.03. The summed E-state index contributed by atoms with van der Waals surface area (Å²) in [6.07, 6.45) is 0. The fraction of sp³-hybridized carbons (Fsp3) is 0.0667. The first-order valence-corrected chi connectivity index (χ1v) is 6.21. The van der Waals surface area contributed by atoms with Crippen LogP contribution in [0, 0.1) is 5.82 Å². The summed E-state index contributed by atoms with van der Waals surface area (Å²) >= 11 is 0. The molecule has 6 nitrogen and oxygen atoms in total. The van der Waals surface area contributed by atoms with Crippen molar-refractivity contribution >= 4 is 17.6 Å². The Morgan fingerprint density at radius 2 is 1.73 bits per heavy atom. The van der Waals surface area contributed by atoms with E-state index in [2.05, 4.69) is 10.1 Å². The Morgan fingerprint density at radius 3 is 2.41 bits per heavy atom. The van der Waals surface area contributed by atoms with E-state index < -0.39 is 35.6 Å². The molecular weight excluding hydrogens is 293 g/mol. The molecule has 7 heteroatoms. The molecule has 1 amide bonds. The Hall–Kier alpha value is -3.09. The molecule has 0 aromatic heterocycles. The van der Waals surface area contributed by atoms with E-state index in [-0.39, 0.29) is 11.4 Å². The number of hydrogen-bond acceptors (Lipinski definition) is 5. The molecule has 0 heterocycles. The van der Waals surface area contributed by atoms with Crippen LogP contribution in [0.1, 0.15) is 10.4 Å². The number of hydrogen-bond donors (Lipinski definition) is 3. The van der Waals surface area contributed by atoms with Crippen molar-refractivity contribution in [2.75, 3.05) is 11.9 Å². The quantitative estimate of drug-likeness (QED) is 0.593. The van der Waals surface area contributed by atoms with Gasteiger partial charge in [-0.3, -0.25) is 4.79 Å². The smallest absolute Gasteiger partial charge is 0.345 e. The SMILES string of the molecule is O=C(COC(=O)c1c(O)cccc1F)Nc1ccccc1O. The van der Waals surface area contributed by atoms with E-state index in [0.29, 0.717) is 0 Å². The highest BCUT2D eigenvalue weighted by Crippen LogP contribution is 2.22. The van der Waals surface area contributed by atoms with Crippen molar-refractivity contribution in [3.8, 4) is 11.5 Å². The molecule has 0 bridgehead atoms. The van der Waals surface area contributed by atoms with E-state index in [1.165, 1.54) is 18.2 Å². The zero-order valence-electron chi connectivity index (χ0n) is 11.2. The molecule has 0 radical (unpaired) electrons. The monoisotopic (exact) mass is 305 g/mol. The van der Waals surface area contributed by atoms with Crippen molar-refractivity contribution in [2.45, 2.75) is 0 Å². The number of para-hydroxylation sites is 2. The van der Waals surface area contributed by atoms with Gasteiger partial charge in [-0.1, -0.05) is 18.2 Å². The summed E-state index contributed by atoms with van der Waals surface area (Å²) in [6.45, 7) is -0.694. The predicted molar refractivity (Wildman–Crippen MR) is 75.1 cm³/mol. The van der Waals surface area contributed by atoms with E-state index in [4.69, 9.17) is 0 Å². The van der Waals surface area contributed by atoms with Gasteiger partial charge in [0.1, 0.15) is 22.9 Å². The first-order valence-electron chi connectivity index (χ1n) is 6.21. The summed E-state index contributed by atoms with van der Waals surface area (Å²) < 4.78 is 18.1. The van der Waals surface area contributed by atoms with Gasteiger partial charge in [-0.15, -0.1) is 0 Å². The van der Waals surface area contributed by atoms with E-state index in [1.807, 2.05) is 0 Å². The summed E-state index contributed by atoms with van der Waals surface area (Å²) in [5.41, 5.74) is -0.491. The van der Waals surface area contributed by atoms with E-state index in [0.717, 1.165) is 12.1 Å². The third-order valence-corrected chi connectivity index (χ3v) is 2.71. The van der Waals surface area contributed by atoms with Crippen molar-refractivity contribution in [1.82, 2.24) is 0 Å². The minimum Gasteiger partial charge on any atom is -0.507 e. The minimum absolute atomic E-state index is 0.145. The van der Waals surface area contributed by atoms with Crippen molar-refractivity contribution in [3.63, 3.8) is 0 Å². The molecule has 0 aliphatic heterocycles. The Labute approximate surface area is 124 Å². The van der Waals surface area contributed by atoms with Gasteiger partial charge in [0, 0.05) is 0 Å². The molecule has 0 aliphatic rings. The molecule has 3 N–H and O–H groups in total. The summed E-state index contributed by atoms with van der Waals surface area (Å²) in [7, 11) is 0. The van der Waals surface area contributed by atoms with Crippen molar-refractivity contribution < 1.29 is 28.9 Å². The Bertz CT molecular complexity index is 697. The summed E-state index contributed by atoms with van der Waals surface area (Å²) in [6, 6.07) is 9.34. The van der Waals surface area contributed by atoms with Gasteiger partial charge < -0.3 is 20.3 Å². The van der Waals surface area contributed by atoms with Gasteiger partial charge in [0.05, 0.1) is 5.69 Å². The van der Waals surface area contributed by atoms with Crippen molar-refractivity contribution in [2.24, 2.45) is 0 Å². The highest BCUT2D eigenvalue weighted by Gasteiger charge is 2.19. The lowest BCUT2D eigenvalue weighted by Gasteiger charge is -2.09. The third-order valence-electron chi connectivity index (χ3n) is 2.71. The molecule has 0 saturated heterocycles. The molecule has 22 heavy (non-hydrogen) atoms. The van der Waals surface area contributed by atoms with Crippen LogP contribution < -0.4 is 5.32 Å². The van der Waals surface area contributed by atoms with Gasteiger partial charge in [0.25, 0.3) is 5.91 Å². The zero-order valence-corrected chi connectivity index (χ0v) is 11.2. The highest BCUT2D eigenvalue weighted by molar-refractivity contribution is 5.97. The molecule has 114 valence electrons. The van der Waals surface area contributed by atoms with Crippen LogP contribution in [0.2, 0.25) is 0 Å². The normalized spacial score (nSPS) is 10.0. The average molecular weight is 305 g/mol. The fourth-order valence-corrected chi connectivity index (χ4v) is 1.68. The van der Waals surface area contributed by atoms with Gasteiger partial charge in [-0.25, -0.2) is 9.18 Å². The number of halogens is 1. The summed E-state index contributed by atoms with van der Waals surface area (Å²) in [5.74, 6) is -3.56. The lowest BCUT2D eigenvalue weighted by Crippen LogP contribution is -2.21. The van der Waals surface area contributed by atoms with Crippen LogP contribution in [-0.2, 0) is 9.53 Å². The highest BCUT2D eigenvalue weighted by atomic mass is 19.1. The van der Waals surface area contributed by atoms with Crippen LogP contribution in [0.5, 0.6) is 11.5 Å². The van der Waals surface area contributed by atoms with Crippen LogP contribution in [0.4, 0.5) is 10.1 Å². The molecule has 0 unspecified atom stereocenters. The van der Waals surface area contributed by atoms with Crippen LogP contribution in [-0.4, -0.2) is 28.7 Å². The maximum absolute atomic E-state index is 13.4. The molecule has 0 spiro atoms. The number of carbonyl (C=O) groups excluding carboxylic acids is 2. The van der Waals surface area contributed by atoms with E-state index in [1.54, 1.807) is 12.1 Å². The molecule has 0 saturated carbocycles. The second-order valence-corrected chi connectivity index (χ2v) is 4.28. The van der Waals surface area contributed by atoms with Crippen molar-refractivity contribution in [3.05, 3.63) is 53.8 Å². The molecular formula is C15H12FNO5. The molecule has 0 fully saturated rings.